The summed E-state index contributed by atoms with van der Waals surface area (Å²) in [6.07, 6.45) is -0.521. The first-order valence-electron chi connectivity index (χ1n) is 5.88. The predicted molar refractivity (Wildman–Crippen MR) is 69.9 cm³/mol. The van der Waals surface area contributed by atoms with Crippen molar-refractivity contribution in [3.63, 3.8) is 0 Å². The van der Waals surface area contributed by atoms with E-state index in [1.807, 2.05) is 27.7 Å². The molecule has 6 nitrogen and oxygen atoms in total. The molecule has 18 heavy (non-hydrogen) atoms. The molecule has 7 heteroatoms. The molecule has 1 rings (SSSR count). The highest BCUT2D eigenvalue weighted by Crippen LogP contribution is 2.13. The van der Waals surface area contributed by atoms with E-state index >= 15 is 0 Å². The van der Waals surface area contributed by atoms with Crippen molar-refractivity contribution < 1.29 is 9.84 Å². The average molecular weight is 275 g/mol. The number of nitrogens with zero attached hydrogens (tertiary/aromatic N) is 3. The summed E-state index contributed by atoms with van der Waals surface area (Å²) in [5.74, 6) is 0.451. The molecule has 102 valence electrons. The lowest BCUT2D eigenvalue weighted by molar-refractivity contribution is 0.137. The van der Waals surface area contributed by atoms with Crippen LogP contribution in [0.1, 0.15) is 27.7 Å². The fraction of sp³-hybridized carbons (Fsp3) is 0.727. The van der Waals surface area contributed by atoms with E-state index in [-0.39, 0.29) is 23.3 Å². The fourth-order valence-corrected chi connectivity index (χ4v) is 1.26. The van der Waals surface area contributed by atoms with Gasteiger partial charge >= 0.3 is 6.01 Å². The smallest absolute Gasteiger partial charge is 0.322 e. The second-order valence-electron chi connectivity index (χ2n) is 4.57. The van der Waals surface area contributed by atoms with Gasteiger partial charge in [-0.2, -0.15) is 15.0 Å². The molecule has 1 unspecified atom stereocenters. The molecule has 0 spiro atoms. The Kier molecular flexibility index (Phi) is 5.55. The third kappa shape index (κ3) is 5.01. The monoisotopic (exact) mass is 274 g/mol. The molecule has 0 fully saturated rings. The molecule has 0 amide bonds. The van der Waals surface area contributed by atoms with Gasteiger partial charge in [-0.05, 0) is 31.4 Å². The maximum atomic E-state index is 9.67. The number of rotatable bonds is 6. The molecule has 2 N–H and O–H groups in total. The Hall–Kier alpha value is -1.14. The quantitative estimate of drug-likeness (QED) is 0.822. The summed E-state index contributed by atoms with van der Waals surface area (Å²) in [7, 11) is 0. The van der Waals surface area contributed by atoms with Gasteiger partial charge in [-0.25, -0.2) is 0 Å². The third-order valence-electron chi connectivity index (χ3n) is 2.17. The lowest BCUT2D eigenvalue weighted by atomic mass is 10.1. The standard InChI is InChI=1S/C11H19ClN4O2/c1-6(2)8(17)5-13-10-14-9(12)15-11(16-10)18-7(3)4/h6-8,17H,5H2,1-4H3,(H,13,14,15,16). The van der Waals surface area contributed by atoms with Crippen LogP contribution in [-0.4, -0.2) is 38.8 Å². The number of hydrogen-bond acceptors (Lipinski definition) is 6. The second kappa shape index (κ2) is 6.70. The van der Waals surface area contributed by atoms with Crippen molar-refractivity contribution in [3.05, 3.63) is 5.28 Å². The summed E-state index contributed by atoms with van der Waals surface area (Å²) >= 11 is 5.77. The Morgan fingerprint density at radius 1 is 1.22 bits per heavy atom. The van der Waals surface area contributed by atoms with E-state index in [2.05, 4.69) is 20.3 Å². The van der Waals surface area contributed by atoms with Crippen molar-refractivity contribution in [1.29, 1.82) is 0 Å². The molecule has 0 saturated heterocycles. The average Bonchev–Trinajstić information content (AvgIpc) is 2.23. The van der Waals surface area contributed by atoms with Crippen LogP contribution in [0.2, 0.25) is 5.28 Å². The summed E-state index contributed by atoms with van der Waals surface area (Å²) < 4.78 is 5.34. The summed E-state index contributed by atoms with van der Waals surface area (Å²) in [5.41, 5.74) is 0. The van der Waals surface area contributed by atoms with Gasteiger partial charge in [-0.3, -0.25) is 0 Å². The third-order valence-corrected chi connectivity index (χ3v) is 2.34. The second-order valence-corrected chi connectivity index (χ2v) is 4.91. The minimum absolute atomic E-state index is 0.0439. The van der Waals surface area contributed by atoms with Gasteiger partial charge in [0.2, 0.25) is 11.2 Å². The van der Waals surface area contributed by atoms with Crippen molar-refractivity contribution in [2.24, 2.45) is 5.92 Å². The number of nitrogens with one attached hydrogen (secondary N) is 1. The maximum Gasteiger partial charge on any atom is 0.322 e. The van der Waals surface area contributed by atoms with E-state index in [0.717, 1.165) is 0 Å². The zero-order chi connectivity index (χ0) is 13.7. The van der Waals surface area contributed by atoms with Crippen LogP contribution in [0, 0.1) is 5.92 Å². The first-order chi connectivity index (χ1) is 8.38. The number of aliphatic hydroxyl groups excluding tert-OH is 1. The Balaban J connectivity index is 2.68. The van der Waals surface area contributed by atoms with Crippen LogP contribution in [0.15, 0.2) is 0 Å². The van der Waals surface area contributed by atoms with E-state index in [0.29, 0.717) is 12.5 Å². The zero-order valence-electron chi connectivity index (χ0n) is 11.0. The van der Waals surface area contributed by atoms with E-state index in [4.69, 9.17) is 16.3 Å². The van der Waals surface area contributed by atoms with Gasteiger partial charge < -0.3 is 15.2 Å². The number of anilines is 1. The molecule has 1 heterocycles. The lowest BCUT2D eigenvalue weighted by Gasteiger charge is -2.15. The molecule has 0 radical (unpaired) electrons. The Morgan fingerprint density at radius 2 is 1.89 bits per heavy atom. The minimum atomic E-state index is -0.477. The molecular weight excluding hydrogens is 256 g/mol. The van der Waals surface area contributed by atoms with Gasteiger partial charge in [0.25, 0.3) is 0 Å². The van der Waals surface area contributed by atoms with Gasteiger partial charge in [-0.1, -0.05) is 13.8 Å². The van der Waals surface area contributed by atoms with Gasteiger partial charge in [0.05, 0.1) is 12.2 Å². The fourth-order valence-electron chi connectivity index (χ4n) is 1.11. The van der Waals surface area contributed by atoms with Gasteiger partial charge in [0, 0.05) is 6.54 Å². The molecule has 1 aromatic rings. The van der Waals surface area contributed by atoms with Crippen LogP contribution in [0.5, 0.6) is 6.01 Å². The van der Waals surface area contributed by atoms with E-state index in [1.54, 1.807) is 0 Å². The van der Waals surface area contributed by atoms with Crippen molar-refractivity contribution in [1.82, 2.24) is 15.0 Å². The van der Waals surface area contributed by atoms with Crippen LogP contribution in [0.3, 0.4) is 0 Å². The molecule has 0 bridgehead atoms. The van der Waals surface area contributed by atoms with Crippen molar-refractivity contribution in [2.45, 2.75) is 39.9 Å². The normalized spacial score (nSPS) is 12.9. The van der Waals surface area contributed by atoms with E-state index in [9.17, 15) is 5.11 Å². The number of halogens is 1. The summed E-state index contributed by atoms with van der Waals surface area (Å²) in [6, 6.07) is 0.173. The first kappa shape index (κ1) is 14.9. The molecule has 0 aromatic carbocycles. The number of ether oxygens (including phenoxy) is 1. The largest absolute Gasteiger partial charge is 0.461 e. The van der Waals surface area contributed by atoms with Gasteiger partial charge in [0.1, 0.15) is 0 Å². The van der Waals surface area contributed by atoms with E-state index in [1.165, 1.54) is 0 Å². The highest BCUT2D eigenvalue weighted by atomic mass is 35.5. The highest BCUT2D eigenvalue weighted by molar-refractivity contribution is 6.28. The minimum Gasteiger partial charge on any atom is -0.461 e. The van der Waals surface area contributed by atoms with E-state index < -0.39 is 6.10 Å². The molecule has 0 aliphatic heterocycles. The topological polar surface area (TPSA) is 80.2 Å². The van der Waals surface area contributed by atoms with Crippen LogP contribution in [0.4, 0.5) is 5.95 Å². The van der Waals surface area contributed by atoms with Crippen molar-refractivity contribution in [3.8, 4) is 6.01 Å². The molecule has 0 aliphatic rings. The number of hydrogen-bond donors (Lipinski definition) is 2. The van der Waals surface area contributed by atoms with Crippen LogP contribution in [0.25, 0.3) is 0 Å². The van der Waals surface area contributed by atoms with Crippen LogP contribution < -0.4 is 10.1 Å². The summed E-state index contributed by atoms with van der Waals surface area (Å²) in [6.45, 7) is 7.94. The number of aliphatic hydroxyl groups is 1. The molecule has 1 atom stereocenters. The Bertz CT molecular complexity index is 387. The summed E-state index contributed by atoms with van der Waals surface area (Å²) in [5, 5.41) is 12.6. The SMILES string of the molecule is CC(C)Oc1nc(Cl)nc(NCC(O)C(C)C)n1. The maximum absolute atomic E-state index is 9.67. The summed E-state index contributed by atoms with van der Waals surface area (Å²) in [4.78, 5) is 11.8. The Labute approximate surface area is 112 Å². The van der Waals surface area contributed by atoms with Crippen molar-refractivity contribution >= 4 is 17.5 Å². The molecule has 1 aromatic heterocycles. The predicted octanol–water partition coefficient (Wildman–Crippen LogP) is 1.74. The van der Waals surface area contributed by atoms with Crippen LogP contribution >= 0.6 is 11.6 Å². The molecule has 0 saturated carbocycles. The number of aromatic nitrogens is 3. The highest BCUT2D eigenvalue weighted by Gasteiger charge is 2.11. The zero-order valence-corrected chi connectivity index (χ0v) is 11.8. The van der Waals surface area contributed by atoms with Crippen LogP contribution in [-0.2, 0) is 0 Å². The Morgan fingerprint density at radius 3 is 2.44 bits per heavy atom. The molecular formula is C11H19ClN4O2. The van der Waals surface area contributed by atoms with Crippen molar-refractivity contribution in [2.75, 3.05) is 11.9 Å². The molecule has 0 aliphatic carbocycles. The first-order valence-corrected chi connectivity index (χ1v) is 6.26. The van der Waals surface area contributed by atoms with Gasteiger partial charge in [-0.15, -0.1) is 0 Å². The lowest BCUT2D eigenvalue weighted by Crippen LogP contribution is -2.25. The van der Waals surface area contributed by atoms with Gasteiger partial charge in [0.15, 0.2) is 0 Å².